The van der Waals surface area contributed by atoms with Crippen LogP contribution in [0.4, 0.5) is 5.69 Å². The number of nitrogens with zero attached hydrogens (tertiary/aromatic N) is 5. The Labute approximate surface area is 280 Å². The van der Waals surface area contributed by atoms with Crippen LogP contribution in [0, 0.1) is 0 Å². The molecule has 5 aliphatic carbocycles. The SMILES string of the molecule is C1=CC2OC3C=CC=CC3N(C3=CC=C(C4=NC5NC(c6ccc(N7C8C=CC=CC8OC8C=CC=CC87)cc6)=NC5=N4)CC3)C2C=C1. The highest BCUT2D eigenvalue weighted by Gasteiger charge is 2.43. The van der Waals surface area contributed by atoms with Crippen molar-refractivity contribution in [2.45, 2.75) is 67.6 Å². The molecule has 9 atom stereocenters. The topological polar surface area (TPSA) is 74.0 Å². The fraction of sp³-hybridized carbons (Fsp3) is 0.275. The predicted molar refractivity (Wildman–Crippen MR) is 190 cm³/mol. The molecule has 0 radical (unpaired) electrons. The first-order valence-corrected chi connectivity index (χ1v) is 17.1. The molecule has 2 fully saturated rings. The zero-order valence-electron chi connectivity index (χ0n) is 26.4. The van der Waals surface area contributed by atoms with Gasteiger partial charge in [0.1, 0.15) is 30.3 Å². The van der Waals surface area contributed by atoms with Crippen LogP contribution < -0.4 is 10.2 Å². The van der Waals surface area contributed by atoms with Gasteiger partial charge in [-0.2, -0.15) is 0 Å². The molecule has 4 aliphatic heterocycles. The molecule has 0 aromatic heterocycles. The molecule has 9 aliphatic rings. The van der Waals surface area contributed by atoms with E-state index in [1.54, 1.807) is 0 Å². The highest BCUT2D eigenvalue weighted by Crippen LogP contribution is 2.38. The average Bonchev–Trinajstić information content (AvgIpc) is 3.73. The van der Waals surface area contributed by atoms with Gasteiger partial charge in [0, 0.05) is 16.9 Å². The van der Waals surface area contributed by atoms with Crippen LogP contribution in [0.15, 0.2) is 160 Å². The van der Waals surface area contributed by atoms with Gasteiger partial charge >= 0.3 is 0 Å². The summed E-state index contributed by atoms with van der Waals surface area (Å²) in [6.07, 6.45) is 40.7. The minimum atomic E-state index is -0.251. The first kappa shape index (κ1) is 28.0. The third-order valence-electron chi connectivity index (χ3n) is 10.5. The summed E-state index contributed by atoms with van der Waals surface area (Å²) in [4.78, 5) is 19.8. The van der Waals surface area contributed by atoms with E-state index in [9.17, 15) is 0 Å². The lowest BCUT2D eigenvalue weighted by Gasteiger charge is -2.50. The first-order chi connectivity index (χ1) is 23.8. The molecule has 2 saturated heterocycles. The number of allylic oxidation sites excluding steroid dienone is 11. The second-order valence-corrected chi connectivity index (χ2v) is 13.3. The predicted octanol–water partition coefficient (Wildman–Crippen LogP) is 5.40. The van der Waals surface area contributed by atoms with Crippen molar-refractivity contribution in [1.29, 1.82) is 0 Å². The van der Waals surface area contributed by atoms with Crippen molar-refractivity contribution in [1.82, 2.24) is 10.2 Å². The molecule has 4 heterocycles. The average molecular weight is 633 g/mol. The molecule has 1 N–H and O–H groups in total. The number of nitrogens with one attached hydrogen (secondary N) is 1. The monoisotopic (exact) mass is 632 g/mol. The van der Waals surface area contributed by atoms with Crippen molar-refractivity contribution in [3.05, 3.63) is 150 Å². The molecule has 0 bridgehead atoms. The van der Waals surface area contributed by atoms with E-state index in [0.29, 0.717) is 0 Å². The van der Waals surface area contributed by atoms with Crippen molar-refractivity contribution >= 4 is 23.2 Å². The Morgan fingerprint density at radius 3 is 1.65 bits per heavy atom. The third kappa shape index (κ3) is 4.62. The Balaban J connectivity index is 0.863. The number of anilines is 1. The Bertz CT molecular complexity index is 1870. The second-order valence-electron chi connectivity index (χ2n) is 13.3. The summed E-state index contributed by atoms with van der Waals surface area (Å²) in [6, 6.07) is 9.33. The van der Waals surface area contributed by atoms with Gasteiger partial charge < -0.3 is 24.6 Å². The van der Waals surface area contributed by atoms with Crippen molar-refractivity contribution in [3.63, 3.8) is 0 Å². The molecule has 0 amide bonds. The van der Waals surface area contributed by atoms with Gasteiger partial charge in [-0.1, -0.05) is 103 Å². The van der Waals surface area contributed by atoms with Crippen LogP contribution in [0.25, 0.3) is 0 Å². The molecule has 9 unspecified atom stereocenters. The van der Waals surface area contributed by atoms with Crippen LogP contribution in [0.1, 0.15) is 18.4 Å². The van der Waals surface area contributed by atoms with E-state index >= 15 is 0 Å². The van der Waals surface area contributed by atoms with Crippen LogP contribution in [-0.2, 0) is 9.47 Å². The lowest BCUT2D eigenvalue weighted by Crippen LogP contribution is -2.59. The fourth-order valence-electron chi connectivity index (χ4n) is 8.25. The Morgan fingerprint density at radius 1 is 0.583 bits per heavy atom. The molecule has 8 nitrogen and oxygen atoms in total. The summed E-state index contributed by atoms with van der Waals surface area (Å²) in [7, 11) is 0. The number of aliphatic imine (C=N–C) groups is 3. The molecule has 48 heavy (non-hydrogen) atoms. The Kier molecular flexibility index (Phi) is 6.58. The van der Waals surface area contributed by atoms with E-state index in [1.165, 1.54) is 5.70 Å². The number of hydrogen-bond donors (Lipinski definition) is 1. The zero-order chi connectivity index (χ0) is 31.6. The summed E-state index contributed by atoms with van der Waals surface area (Å²) in [5, 5.41) is 3.52. The van der Waals surface area contributed by atoms with Crippen LogP contribution in [0.3, 0.4) is 0 Å². The summed E-state index contributed by atoms with van der Waals surface area (Å²) in [5.74, 6) is 2.33. The number of fused-ring (bicyclic) bond motifs is 5. The van der Waals surface area contributed by atoms with Gasteiger partial charge in [0.05, 0.1) is 24.2 Å². The van der Waals surface area contributed by atoms with E-state index in [0.717, 1.165) is 47.2 Å². The lowest BCUT2D eigenvalue weighted by atomic mass is 9.90. The quantitative estimate of drug-likeness (QED) is 0.482. The molecule has 1 aromatic rings. The van der Waals surface area contributed by atoms with E-state index in [4.69, 9.17) is 24.5 Å². The molecule has 1 aromatic carbocycles. The van der Waals surface area contributed by atoms with Crippen LogP contribution in [-0.4, -0.2) is 77.2 Å². The molecule has 10 rings (SSSR count). The fourth-order valence-corrected chi connectivity index (χ4v) is 8.25. The minimum Gasteiger partial charge on any atom is -0.362 e. The molecule has 0 spiro atoms. The summed E-state index contributed by atoms with van der Waals surface area (Å²) >= 11 is 0. The van der Waals surface area contributed by atoms with Crippen molar-refractivity contribution in [3.8, 4) is 0 Å². The van der Waals surface area contributed by atoms with Gasteiger partial charge in [0.25, 0.3) is 0 Å². The van der Waals surface area contributed by atoms with E-state index < -0.39 is 0 Å². The molecular weight excluding hydrogens is 596 g/mol. The van der Waals surface area contributed by atoms with Gasteiger partial charge in [-0.05, 0) is 48.8 Å². The normalized spacial score (nSPS) is 36.2. The number of benzene rings is 1. The number of amidine groups is 3. The Hall–Kier alpha value is -5.05. The summed E-state index contributed by atoms with van der Waals surface area (Å²) < 4.78 is 12.9. The van der Waals surface area contributed by atoms with Gasteiger partial charge in [-0.3, -0.25) is 0 Å². The molecule has 0 saturated carbocycles. The van der Waals surface area contributed by atoms with Crippen LogP contribution in [0.2, 0.25) is 0 Å². The highest BCUT2D eigenvalue weighted by atomic mass is 16.5. The highest BCUT2D eigenvalue weighted by molar-refractivity contribution is 6.20. The van der Waals surface area contributed by atoms with Crippen LogP contribution in [0.5, 0.6) is 0 Å². The number of hydrogen-bond acceptors (Lipinski definition) is 8. The van der Waals surface area contributed by atoms with E-state index in [-0.39, 0.29) is 54.7 Å². The summed E-state index contributed by atoms with van der Waals surface area (Å²) in [5.41, 5.74) is 4.67. The Morgan fingerprint density at radius 2 is 1.12 bits per heavy atom. The van der Waals surface area contributed by atoms with Crippen molar-refractivity contribution < 1.29 is 9.47 Å². The van der Waals surface area contributed by atoms with Crippen molar-refractivity contribution in [2.24, 2.45) is 15.0 Å². The van der Waals surface area contributed by atoms with E-state index in [2.05, 4.69) is 149 Å². The minimum absolute atomic E-state index is 0.0239. The summed E-state index contributed by atoms with van der Waals surface area (Å²) in [6.45, 7) is 0. The zero-order valence-corrected chi connectivity index (χ0v) is 26.4. The maximum atomic E-state index is 6.44. The lowest BCUT2D eigenvalue weighted by molar-refractivity contribution is -0.0783. The van der Waals surface area contributed by atoms with Gasteiger partial charge in [0.15, 0.2) is 17.8 Å². The molecule has 8 heteroatoms. The van der Waals surface area contributed by atoms with E-state index in [1.807, 2.05) is 0 Å². The van der Waals surface area contributed by atoms with Gasteiger partial charge in [-0.15, -0.1) is 0 Å². The van der Waals surface area contributed by atoms with Gasteiger partial charge in [-0.25, -0.2) is 15.0 Å². The smallest absolute Gasteiger partial charge is 0.183 e. The molecule has 238 valence electrons. The first-order valence-electron chi connectivity index (χ1n) is 17.1. The number of morpholine rings is 2. The van der Waals surface area contributed by atoms with Crippen LogP contribution >= 0.6 is 0 Å². The number of rotatable bonds is 4. The largest absolute Gasteiger partial charge is 0.362 e. The van der Waals surface area contributed by atoms with Crippen molar-refractivity contribution in [2.75, 3.05) is 4.90 Å². The number of ether oxygens (including phenoxy) is 2. The second kappa shape index (κ2) is 11.3. The molecular formula is C40H36N6O2. The maximum absolute atomic E-state index is 6.44. The standard InChI is InChI=1S/C40H36N6O2/c1-5-13-33-29(9-1)45(30-10-2-6-14-34(30)47-33)27-21-17-25(18-22-27)37-41-39-40(42-37)44-38(43-39)26-19-23-28(24-20-26)46-31-11-3-7-15-35(31)48-36-16-8-4-12-32(36)46/h1-19,21-23,29-36,39H,20,24H2,(H,41,42,43,44). The van der Waals surface area contributed by atoms with Gasteiger partial charge in [0.2, 0.25) is 0 Å². The third-order valence-corrected chi connectivity index (χ3v) is 10.5. The maximum Gasteiger partial charge on any atom is 0.183 e.